The summed E-state index contributed by atoms with van der Waals surface area (Å²) in [6.45, 7) is 0.539. The van der Waals surface area contributed by atoms with Gasteiger partial charge in [-0.1, -0.05) is 12.1 Å². The minimum absolute atomic E-state index is 0.539. The van der Waals surface area contributed by atoms with Crippen LogP contribution in [0.1, 0.15) is 5.56 Å². The van der Waals surface area contributed by atoms with E-state index in [2.05, 4.69) is 15.3 Å². The number of benzene rings is 1. The summed E-state index contributed by atoms with van der Waals surface area (Å²) in [4.78, 5) is 0. The van der Waals surface area contributed by atoms with Gasteiger partial charge in [0, 0.05) is 25.9 Å². The first-order valence-corrected chi connectivity index (χ1v) is 4.98. The molecular formula is C11H13N5. The van der Waals surface area contributed by atoms with E-state index in [0.29, 0.717) is 12.4 Å². The molecular weight excluding hydrogens is 202 g/mol. The summed E-state index contributed by atoms with van der Waals surface area (Å²) in [5.74, 6) is 0.602. The predicted octanol–water partition coefficient (Wildman–Crippen LogP) is 2.29. The zero-order chi connectivity index (χ0) is 11.4. The second-order valence-electron chi connectivity index (χ2n) is 3.42. The van der Waals surface area contributed by atoms with Crippen LogP contribution in [0, 0.1) is 0 Å². The van der Waals surface area contributed by atoms with Crippen LogP contribution in [-0.4, -0.2) is 9.78 Å². The van der Waals surface area contributed by atoms with Gasteiger partial charge in [-0.05, 0) is 17.7 Å². The number of hydrogen-bond donors (Lipinski definition) is 1. The Morgan fingerprint density at radius 1 is 1.19 bits per heavy atom. The molecule has 0 fully saturated rings. The Labute approximate surface area is 93.6 Å². The van der Waals surface area contributed by atoms with Gasteiger partial charge in [-0.15, -0.1) is 10.2 Å². The molecule has 5 nitrogen and oxygen atoms in total. The molecule has 0 aliphatic rings. The molecule has 82 valence electrons. The largest absolute Gasteiger partial charge is 0.326 e. The number of nitrogens with two attached hydrogens (primary N) is 1. The first-order valence-electron chi connectivity index (χ1n) is 4.98. The van der Waals surface area contributed by atoms with E-state index in [9.17, 15) is 0 Å². The number of hydrogen-bond acceptors (Lipinski definition) is 4. The van der Waals surface area contributed by atoms with Crippen LogP contribution < -0.4 is 5.73 Å². The maximum absolute atomic E-state index is 5.50. The molecule has 0 saturated carbocycles. The monoisotopic (exact) mass is 215 g/mol. The van der Waals surface area contributed by atoms with E-state index in [1.165, 1.54) is 0 Å². The van der Waals surface area contributed by atoms with Crippen molar-refractivity contribution in [3.63, 3.8) is 0 Å². The zero-order valence-electron chi connectivity index (χ0n) is 9.04. The molecule has 0 aliphatic carbocycles. The lowest BCUT2D eigenvalue weighted by Gasteiger charge is -1.95. The summed E-state index contributed by atoms with van der Waals surface area (Å²) < 4.78 is 1.69. The van der Waals surface area contributed by atoms with E-state index in [4.69, 9.17) is 5.73 Å². The highest BCUT2D eigenvalue weighted by Crippen LogP contribution is 2.16. The molecule has 0 saturated heterocycles. The highest BCUT2D eigenvalue weighted by molar-refractivity contribution is 5.39. The van der Waals surface area contributed by atoms with Crippen LogP contribution in [0.5, 0.6) is 0 Å². The lowest BCUT2D eigenvalue weighted by atomic mass is 10.2. The minimum atomic E-state index is 0.539. The molecule has 1 heterocycles. The van der Waals surface area contributed by atoms with Gasteiger partial charge >= 0.3 is 0 Å². The van der Waals surface area contributed by atoms with E-state index in [1.54, 1.807) is 10.7 Å². The fourth-order valence-electron chi connectivity index (χ4n) is 1.26. The van der Waals surface area contributed by atoms with Crippen molar-refractivity contribution in [2.75, 3.05) is 0 Å². The van der Waals surface area contributed by atoms with Gasteiger partial charge < -0.3 is 5.73 Å². The second-order valence-corrected chi connectivity index (χ2v) is 3.42. The van der Waals surface area contributed by atoms with E-state index in [1.807, 2.05) is 37.5 Å². The summed E-state index contributed by atoms with van der Waals surface area (Å²) in [6.07, 6.45) is 1.83. The van der Waals surface area contributed by atoms with Crippen molar-refractivity contribution in [2.24, 2.45) is 23.0 Å². The average Bonchev–Trinajstić information content (AvgIpc) is 2.73. The van der Waals surface area contributed by atoms with Crippen molar-refractivity contribution in [3.8, 4) is 0 Å². The highest BCUT2D eigenvalue weighted by Gasteiger charge is 1.94. The Kier molecular flexibility index (Phi) is 3.07. The molecule has 2 aromatic rings. The topological polar surface area (TPSA) is 68.6 Å². The third-order valence-corrected chi connectivity index (χ3v) is 2.14. The Morgan fingerprint density at radius 2 is 1.94 bits per heavy atom. The summed E-state index contributed by atoms with van der Waals surface area (Å²) in [5.41, 5.74) is 7.38. The maximum Gasteiger partial charge on any atom is 0.195 e. The molecule has 0 atom stereocenters. The molecule has 0 unspecified atom stereocenters. The first kappa shape index (κ1) is 10.5. The van der Waals surface area contributed by atoms with E-state index >= 15 is 0 Å². The summed E-state index contributed by atoms with van der Waals surface area (Å²) in [5, 5.41) is 12.2. The highest BCUT2D eigenvalue weighted by atomic mass is 15.3. The van der Waals surface area contributed by atoms with Gasteiger partial charge in [-0.3, -0.25) is 4.68 Å². The molecule has 16 heavy (non-hydrogen) atoms. The van der Waals surface area contributed by atoms with E-state index < -0.39 is 0 Å². The summed E-state index contributed by atoms with van der Waals surface area (Å²) in [6, 6.07) is 9.45. The van der Waals surface area contributed by atoms with Crippen LogP contribution in [0.2, 0.25) is 0 Å². The fraction of sp³-hybridized carbons (Fsp3) is 0.182. The number of azo groups is 1. The molecule has 2 N–H and O–H groups in total. The Bertz CT molecular complexity index is 483. The van der Waals surface area contributed by atoms with Crippen LogP contribution in [-0.2, 0) is 13.6 Å². The molecule has 1 aromatic heterocycles. The molecule has 0 amide bonds. The summed E-state index contributed by atoms with van der Waals surface area (Å²) >= 11 is 0. The number of nitrogens with zero attached hydrogens (tertiary/aromatic N) is 4. The van der Waals surface area contributed by atoms with Crippen molar-refractivity contribution in [1.82, 2.24) is 9.78 Å². The van der Waals surface area contributed by atoms with Crippen LogP contribution in [0.25, 0.3) is 0 Å². The number of rotatable bonds is 3. The van der Waals surface area contributed by atoms with Crippen molar-refractivity contribution in [2.45, 2.75) is 6.54 Å². The van der Waals surface area contributed by atoms with Gasteiger partial charge in [0.25, 0.3) is 0 Å². The molecule has 0 aliphatic heterocycles. The lowest BCUT2D eigenvalue weighted by Crippen LogP contribution is -1.94. The van der Waals surface area contributed by atoms with Gasteiger partial charge in [0.15, 0.2) is 5.82 Å². The van der Waals surface area contributed by atoms with Crippen molar-refractivity contribution in [1.29, 1.82) is 0 Å². The van der Waals surface area contributed by atoms with Gasteiger partial charge in [-0.25, -0.2) is 0 Å². The van der Waals surface area contributed by atoms with Gasteiger partial charge in [-0.2, -0.15) is 5.10 Å². The molecule has 0 bridgehead atoms. The molecule has 2 rings (SSSR count). The standard InChI is InChI=1S/C11H13N5/c1-16-7-6-11(15-16)14-13-10-4-2-9(8-12)3-5-10/h2-7H,8,12H2,1H3. The molecule has 5 heteroatoms. The van der Waals surface area contributed by atoms with Crippen LogP contribution in [0.3, 0.4) is 0 Å². The second kappa shape index (κ2) is 4.67. The molecule has 0 radical (unpaired) electrons. The number of aromatic nitrogens is 2. The molecule has 1 aromatic carbocycles. The maximum atomic E-state index is 5.50. The van der Waals surface area contributed by atoms with Crippen molar-refractivity contribution in [3.05, 3.63) is 42.1 Å². The lowest BCUT2D eigenvalue weighted by molar-refractivity contribution is 0.766. The quantitative estimate of drug-likeness (QED) is 0.798. The molecule has 0 spiro atoms. The van der Waals surface area contributed by atoms with Crippen LogP contribution in [0.4, 0.5) is 11.5 Å². The van der Waals surface area contributed by atoms with Crippen LogP contribution in [0.15, 0.2) is 46.8 Å². The van der Waals surface area contributed by atoms with Crippen molar-refractivity contribution >= 4 is 11.5 Å². The zero-order valence-corrected chi connectivity index (χ0v) is 9.04. The van der Waals surface area contributed by atoms with Crippen molar-refractivity contribution < 1.29 is 0 Å². The SMILES string of the molecule is Cn1ccc(N=Nc2ccc(CN)cc2)n1. The third kappa shape index (κ3) is 2.52. The van der Waals surface area contributed by atoms with E-state index in [-0.39, 0.29) is 0 Å². The normalized spacial score (nSPS) is 11.1. The average molecular weight is 215 g/mol. The minimum Gasteiger partial charge on any atom is -0.326 e. The van der Waals surface area contributed by atoms with Gasteiger partial charge in [0.1, 0.15) is 0 Å². The van der Waals surface area contributed by atoms with Gasteiger partial charge in [0.05, 0.1) is 5.69 Å². The third-order valence-electron chi connectivity index (χ3n) is 2.14. The Balaban J connectivity index is 2.11. The first-order chi connectivity index (χ1) is 7.78. The van der Waals surface area contributed by atoms with Gasteiger partial charge in [0.2, 0.25) is 0 Å². The predicted molar refractivity (Wildman–Crippen MR) is 61.7 cm³/mol. The van der Waals surface area contributed by atoms with Crippen LogP contribution >= 0.6 is 0 Å². The Hall–Kier alpha value is -2.01. The Morgan fingerprint density at radius 3 is 2.50 bits per heavy atom. The fourth-order valence-corrected chi connectivity index (χ4v) is 1.26. The number of aryl methyl sites for hydroxylation is 1. The summed E-state index contributed by atoms with van der Waals surface area (Å²) in [7, 11) is 1.84. The smallest absolute Gasteiger partial charge is 0.195 e. The van der Waals surface area contributed by atoms with E-state index in [0.717, 1.165) is 11.3 Å².